The Kier molecular flexibility index (Phi) is 3.52. The van der Waals surface area contributed by atoms with Gasteiger partial charge in [0.05, 0.1) is 12.4 Å². The van der Waals surface area contributed by atoms with E-state index in [4.69, 9.17) is 9.84 Å². The van der Waals surface area contributed by atoms with E-state index in [9.17, 15) is 4.79 Å². The highest BCUT2D eigenvalue weighted by molar-refractivity contribution is 5.84. The molecule has 1 heterocycles. The maximum Gasteiger partial charge on any atom is 0.356 e. The van der Waals surface area contributed by atoms with Gasteiger partial charge in [0.15, 0.2) is 5.69 Å². The summed E-state index contributed by atoms with van der Waals surface area (Å²) in [5.74, 6) is -0.924. The van der Waals surface area contributed by atoms with Gasteiger partial charge in [-0.25, -0.2) is 9.78 Å². The maximum absolute atomic E-state index is 10.8. The molecule has 1 atom stereocenters. The zero-order valence-electron chi connectivity index (χ0n) is 9.78. The van der Waals surface area contributed by atoms with Gasteiger partial charge in [0.25, 0.3) is 0 Å². The molecule has 0 radical (unpaired) electrons. The van der Waals surface area contributed by atoms with Gasteiger partial charge in [-0.1, -0.05) is 30.3 Å². The number of carboxylic acid groups (broad SMARTS) is 1. The fourth-order valence-corrected chi connectivity index (χ4v) is 1.48. The molecule has 0 fully saturated rings. The van der Waals surface area contributed by atoms with Crippen LogP contribution in [0.25, 0.3) is 0 Å². The van der Waals surface area contributed by atoms with Crippen molar-refractivity contribution in [1.82, 2.24) is 9.97 Å². The third-order valence-electron chi connectivity index (χ3n) is 2.40. The summed E-state index contributed by atoms with van der Waals surface area (Å²) in [5, 5.41) is 8.80. The molecule has 5 heteroatoms. The summed E-state index contributed by atoms with van der Waals surface area (Å²) in [5.41, 5.74) is 0.854. The van der Waals surface area contributed by atoms with Gasteiger partial charge < -0.3 is 9.84 Å². The molecule has 0 amide bonds. The highest BCUT2D eigenvalue weighted by Crippen LogP contribution is 2.19. The number of aromatic carboxylic acids is 1. The fraction of sp³-hybridized carbons (Fsp3) is 0.154. The molecule has 0 aliphatic rings. The number of hydrogen-bond acceptors (Lipinski definition) is 4. The second-order valence-corrected chi connectivity index (χ2v) is 3.72. The molecule has 2 rings (SSSR count). The minimum atomic E-state index is -1.12. The van der Waals surface area contributed by atoms with Crippen molar-refractivity contribution in [2.45, 2.75) is 13.0 Å². The van der Waals surface area contributed by atoms with Crippen molar-refractivity contribution >= 4 is 5.97 Å². The number of rotatable bonds is 4. The molecule has 92 valence electrons. The van der Waals surface area contributed by atoms with E-state index in [1.807, 2.05) is 37.3 Å². The third kappa shape index (κ3) is 2.82. The van der Waals surface area contributed by atoms with Gasteiger partial charge in [-0.3, -0.25) is 4.98 Å². The second-order valence-electron chi connectivity index (χ2n) is 3.72. The Balaban J connectivity index is 2.14. The smallest absolute Gasteiger partial charge is 0.356 e. The highest BCUT2D eigenvalue weighted by atomic mass is 16.5. The van der Waals surface area contributed by atoms with Crippen LogP contribution in [0.15, 0.2) is 42.7 Å². The van der Waals surface area contributed by atoms with Crippen LogP contribution in [-0.2, 0) is 0 Å². The van der Waals surface area contributed by atoms with Crippen molar-refractivity contribution in [2.75, 3.05) is 0 Å². The predicted molar refractivity (Wildman–Crippen MR) is 64.5 cm³/mol. The first-order valence-corrected chi connectivity index (χ1v) is 5.44. The number of carbonyl (C=O) groups is 1. The third-order valence-corrected chi connectivity index (χ3v) is 2.40. The van der Waals surface area contributed by atoms with Gasteiger partial charge in [-0.2, -0.15) is 0 Å². The highest BCUT2D eigenvalue weighted by Gasteiger charge is 2.10. The van der Waals surface area contributed by atoms with Gasteiger partial charge in [0, 0.05) is 0 Å². The van der Waals surface area contributed by atoms with Crippen LogP contribution in [0.2, 0.25) is 0 Å². The van der Waals surface area contributed by atoms with Gasteiger partial charge in [-0.05, 0) is 12.5 Å². The van der Waals surface area contributed by atoms with Crippen LogP contribution in [0, 0.1) is 0 Å². The van der Waals surface area contributed by atoms with Gasteiger partial charge in [0.2, 0.25) is 5.88 Å². The number of hydrogen-bond donors (Lipinski definition) is 1. The van der Waals surface area contributed by atoms with E-state index in [1.165, 1.54) is 12.4 Å². The Labute approximate surface area is 104 Å². The molecule has 0 saturated carbocycles. The van der Waals surface area contributed by atoms with Gasteiger partial charge in [-0.15, -0.1) is 0 Å². The first-order valence-electron chi connectivity index (χ1n) is 5.44. The lowest BCUT2D eigenvalue weighted by Crippen LogP contribution is -2.07. The Hall–Kier alpha value is -2.43. The summed E-state index contributed by atoms with van der Waals surface area (Å²) in [6.45, 7) is 1.87. The summed E-state index contributed by atoms with van der Waals surface area (Å²) in [7, 11) is 0. The van der Waals surface area contributed by atoms with Crippen molar-refractivity contribution in [3.8, 4) is 5.88 Å². The quantitative estimate of drug-likeness (QED) is 0.893. The van der Waals surface area contributed by atoms with E-state index in [0.29, 0.717) is 0 Å². The molecule has 0 aliphatic heterocycles. The van der Waals surface area contributed by atoms with E-state index in [-0.39, 0.29) is 17.7 Å². The summed E-state index contributed by atoms with van der Waals surface area (Å²) in [4.78, 5) is 18.4. The number of benzene rings is 1. The minimum Gasteiger partial charge on any atom is -0.476 e. The van der Waals surface area contributed by atoms with Crippen LogP contribution in [0.3, 0.4) is 0 Å². The zero-order valence-corrected chi connectivity index (χ0v) is 9.78. The minimum absolute atomic E-state index is 0.132. The van der Waals surface area contributed by atoms with E-state index < -0.39 is 5.97 Å². The van der Waals surface area contributed by atoms with E-state index in [2.05, 4.69) is 9.97 Å². The van der Waals surface area contributed by atoms with Crippen molar-refractivity contribution in [2.24, 2.45) is 0 Å². The Morgan fingerprint density at radius 2 is 2.00 bits per heavy atom. The number of ether oxygens (including phenoxy) is 1. The van der Waals surface area contributed by atoms with Crippen LogP contribution in [0.1, 0.15) is 29.1 Å². The van der Waals surface area contributed by atoms with E-state index >= 15 is 0 Å². The molecule has 0 bridgehead atoms. The molecular formula is C13H12N2O3. The summed E-state index contributed by atoms with van der Waals surface area (Å²) >= 11 is 0. The van der Waals surface area contributed by atoms with Crippen LogP contribution in [0.4, 0.5) is 0 Å². The lowest BCUT2D eigenvalue weighted by atomic mass is 10.1. The molecule has 0 saturated heterocycles. The Bertz CT molecular complexity index is 543. The predicted octanol–water partition coefficient (Wildman–Crippen LogP) is 2.31. The number of aromatic nitrogens is 2. The Morgan fingerprint density at radius 3 is 2.67 bits per heavy atom. The summed E-state index contributed by atoms with van der Waals surface area (Å²) < 4.78 is 5.55. The van der Waals surface area contributed by atoms with E-state index in [0.717, 1.165) is 5.56 Å². The topological polar surface area (TPSA) is 72.3 Å². The largest absolute Gasteiger partial charge is 0.476 e. The maximum atomic E-state index is 10.8. The lowest BCUT2D eigenvalue weighted by Gasteiger charge is -2.13. The summed E-state index contributed by atoms with van der Waals surface area (Å²) in [6, 6.07) is 9.60. The zero-order chi connectivity index (χ0) is 13.0. The molecule has 1 unspecified atom stereocenters. The molecule has 5 nitrogen and oxygen atoms in total. The van der Waals surface area contributed by atoms with Crippen molar-refractivity contribution in [1.29, 1.82) is 0 Å². The Morgan fingerprint density at radius 1 is 1.28 bits per heavy atom. The molecular weight excluding hydrogens is 232 g/mol. The molecule has 0 aliphatic carbocycles. The standard InChI is InChI=1S/C13H12N2O3/c1-9(10-5-3-2-4-6-10)18-12-8-14-7-11(15-12)13(16)17/h2-9H,1H3,(H,16,17). The second kappa shape index (κ2) is 5.27. The molecule has 1 aromatic carbocycles. The average molecular weight is 244 g/mol. The lowest BCUT2D eigenvalue weighted by molar-refractivity contribution is 0.0687. The van der Waals surface area contributed by atoms with Crippen molar-refractivity contribution < 1.29 is 14.6 Å². The van der Waals surface area contributed by atoms with Crippen LogP contribution >= 0.6 is 0 Å². The SMILES string of the molecule is CC(Oc1cncc(C(=O)O)n1)c1ccccc1. The first-order chi connectivity index (χ1) is 8.66. The van der Waals surface area contributed by atoms with Crippen molar-refractivity contribution in [3.63, 3.8) is 0 Å². The van der Waals surface area contributed by atoms with Crippen LogP contribution in [0.5, 0.6) is 5.88 Å². The van der Waals surface area contributed by atoms with E-state index in [1.54, 1.807) is 0 Å². The first kappa shape index (κ1) is 12.0. The molecule has 1 aromatic heterocycles. The number of carboxylic acids is 1. The molecule has 1 N–H and O–H groups in total. The van der Waals surface area contributed by atoms with Crippen LogP contribution in [-0.4, -0.2) is 21.0 Å². The van der Waals surface area contributed by atoms with Crippen LogP contribution < -0.4 is 4.74 Å². The fourth-order valence-electron chi connectivity index (χ4n) is 1.48. The number of nitrogens with zero attached hydrogens (tertiary/aromatic N) is 2. The molecule has 0 spiro atoms. The average Bonchev–Trinajstić information content (AvgIpc) is 2.40. The van der Waals surface area contributed by atoms with Gasteiger partial charge >= 0.3 is 5.97 Å². The molecule has 18 heavy (non-hydrogen) atoms. The van der Waals surface area contributed by atoms with Gasteiger partial charge in [0.1, 0.15) is 6.10 Å². The summed E-state index contributed by atoms with van der Waals surface area (Å²) in [6.07, 6.45) is 2.36. The monoisotopic (exact) mass is 244 g/mol. The normalized spacial score (nSPS) is 11.8. The van der Waals surface area contributed by atoms with Crippen molar-refractivity contribution in [3.05, 3.63) is 54.0 Å². The molecule has 2 aromatic rings.